The van der Waals surface area contributed by atoms with Crippen LogP contribution in [-0.4, -0.2) is 36.0 Å². The second-order valence-corrected chi connectivity index (χ2v) is 8.18. The average molecular weight is 457 g/mol. The fraction of sp³-hybridized carbons (Fsp3) is 0.174. The molecule has 0 bridgehead atoms. The second kappa shape index (κ2) is 10.5. The van der Waals surface area contributed by atoms with Crippen LogP contribution in [0.4, 0.5) is 0 Å². The van der Waals surface area contributed by atoms with Gasteiger partial charge in [-0.15, -0.1) is 0 Å². The van der Waals surface area contributed by atoms with E-state index in [9.17, 15) is 8.42 Å². The molecular weight excluding hydrogens is 432 g/mol. The maximum Gasteiger partial charge on any atom is 0.280 e. The van der Waals surface area contributed by atoms with E-state index in [2.05, 4.69) is 9.93 Å². The number of sulfonamides is 1. The first-order valence-electron chi connectivity index (χ1n) is 9.58. The fourth-order valence-corrected chi connectivity index (χ4v) is 3.81. The van der Waals surface area contributed by atoms with E-state index in [4.69, 9.17) is 18.9 Å². The van der Waals surface area contributed by atoms with E-state index in [1.807, 2.05) is 30.3 Å². The van der Waals surface area contributed by atoms with E-state index in [0.29, 0.717) is 29.4 Å². The first-order chi connectivity index (χ1) is 15.5. The average Bonchev–Trinajstić information content (AvgIpc) is 2.83. The van der Waals surface area contributed by atoms with Crippen molar-refractivity contribution in [1.82, 2.24) is 4.83 Å². The molecule has 3 aromatic rings. The Hall–Kier alpha value is -3.72. The molecule has 0 aliphatic carbocycles. The SMILES string of the molecule is COc1ccc(OC)c(S(=O)(=O)N/N=C/c2ccc(OCc3ccccc3)c(OC)c2)c1. The van der Waals surface area contributed by atoms with Crippen LogP contribution in [0.5, 0.6) is 23.0 Å². The molecule has 0 radical (unpaired) electrons. The highest BCUT2D eigenvalue weighted by molar-refractivity contribution is 7.89. The highest BCUT2D eigenvalue weighted by Crippen LogP contribution is 2.29. The van der Waals surface area contributed by atoms with Crippen molar-refractivity contribution in [2.45, 2.75) is 11.5 Å². The molecule has 0 aliphatic rings. The molecule has 0 aliphatic heterocycles. The summed E-state index contributed by atoms with van der Waals surface area (Å²) in [4.78, 5) is 2.10. The summed E-state index contributed by atoms with van der Waals surface area (Å²) in [6.07, 6.45) is 1.37. The topological polar surface area (TPSA) is 95.5 Å². The number of benzene rings is 3. The molecule has 168 valence electrons. The first-order valence-corrected chi connectivity index (χ1v) is 11.1. The standard InChI is InChI=1S/C23H24N2O6S/c1-28-19-10-12-21(29-2)23(14-19)32(26,27)25-24-15-18-9-11-20(22(13-18)30-3)31-16-17-7-5-4-6-8-17/h4-15,25H,16H2,1-3H3/b24-15+. The summed E-state index contributed by atoms with van der Waals surface area (Å²) >= 11 is 0. The molecular formula is C23H24N2O6S. The molecule has 1 N–H and O–H groups in total. The zero-order chi connectivity index (χ0) is 23.0. The fourth-order valence-electron chi connectivity index (χ4n) is 2.83. The van der Waals surface area contributed by atoms with E-state index >= 15 is 0 Å². The third-order valence-corrected chi connectivity index (χ3v) is 5.72. The quantitative estimate of drug-likeness (QED) is 0.370. The Morgan fingerprint density at radius 2 is 1.56 bits per heavy atom. The predicted octanol–water partition coefficient (Wildman–Crippen LogP) is 3.60. The van der Waals surface area contributed by atoms with E-state index in [1.165, 1.54) is 39.7 Å². The van der Waals surface area contributed by atoms with Gasteiger partial charge >= 0.3 is 0 Å². The van der Waals surface area contributed by atoms with Gasteiger partial charge in [-0.1, -0.05) is 30.3 Å². The van der Waals surface area contributed by atoms with Crippen LogP contribution < -0.4 is 23.8 Å². The second-order valence-electron chi connectivity index (χ2n) is 6.55. The summed E-state index contributed by atoms with van der Waals surface area (Å²) in [5, 5.41) is 3.86. The van der Waals surface area contributed by atoms with Gasteiger partial charge in [-0.25, -0.2) is 0 Å². The van der Waals surface area contributed by atoms with E-state index < -0.39 is 10.0 Å². The lowest BCUT2D eigenvalue weighted by Gasteiger charge is -2.12. The lowest BCUT2D eigenvalue weighted by atomic mass is 10.2. The number of methoxy groups -OCH3 is 3. The van der Waals surface area contributed by atoms with E-state index in [0.717, 1.165) is 5.56 Å². The minimum absolute atomic E-state index is 0.0845. The van der Waals surface area contributed by atoms with Gasteiger partial charge in [0, 0.05) is 6.07 Å². The van der Waals surface area contributed by atoms with E-state index in [1.54, 1.807) is 24.3 Å². The third-order valence-electron chi connectivity index (χ3n) is 4.47. The third kappa shape index (κ3) is 5.70. The number of nitrogens with one attached hydrogen (secondary N) is 1. The number of ether oxygens (including phenoxy) is 4. The predicted molar refractivity (Wildman–Crippen MR) is 121 cm³/mol. The summed E-state index contributed by atoms with van der Waals surface area (Å²) < 4.78 is 46.8. The molecule has 3 aromatic carbocycles. The zero-order valence-electron chi connectivity index (χ0n) is 17.9. The van der Waals surface area contributed by atoms with Crippen LogP contribution in [0.15, 0.2) is 76.7 Å². The van der Waals surface area contributed by atoms with Gasteiger partial charge in [0.2, 0.25) is 0 Å². The molecule has 0 fully saturated rings. The molecule has 0 saturated heterocycles. The van der Waals surface area contributed by atoms with Gasteiger partial charge in [-0.2, -0.15) is 18.4 Å². The molecule has 0 atom stereocenters. The summed E-state index contributed by atoms with van der Waals surface area (Å²) in [5.74, 6) is 1.62. The lowest BCUT2D eigenvalue weighted by molar-refractivity contribution is 0.284. The van der Waals surface area contributed by atoms with Crippen LogP contribution >= 0.6 is 0 Å². The van der Waals surface area contributed by atoms with Crippen LogP contribution in [0.3, 0.4) is 0 Å². The van der Waals surface area contributed by atoms with Crippen molar-refractivity contribution >= 4 is 16.2 Å². The van der Waals surface area contributed by atoms with Crippen molar-refractivity contribution < 1.29 is 27.4 Å². The Kier molecular flexibility index (Phi) is 7.56. The number of hydrogen-bond donors (Lipinski definition) is 1. The van der Waals surface area contributed by atoms with Gasteiger partial charge in [0.15, 0.2) is 11.5 Å². The van der Waals surface area contributed by atoms with Crippen LogP contribution in [0.25, 0.3) is 0 Å². The van der Waals surface area contributed by atoms with Crippen molar-refractivity contribution in [2.24, 2.45) is 5.10 Å². The van der Waals surface area contributed by atoms with Crippen molar-refractivity contribution in [3.63, 3.8) is 0 Å². The minimum Gasteiger partial charge on any atom is -0.497 e. The number of nitrogens with zero attached hydrogens (tertiary/aromatic N) is 1. The molecule has 0 aromatic heterocycles. The van der Waals surface area contributed by atoms with Crippen molar-refractivity contribution in [2.75, 3.05) is 21.3 Å². The van der Waals surface area contributed by atoms with Crippen LogP contribution in [0.2, 0.25) is 0 Å². The van der Waals surface area contributed by atoms with Gasteiger partial charge in [0.1, 0.15) is 23.0 Å². The highest BCUT2D eigenvalue weighted by Gasteiger charge is 2.20. The largest absolute Gasteiger partial charge is 0.497 e. The lowest BCUT2D eigenvalue weighted by Crippen LogP contribution is -2.19. The smallest absolute Gasteiger partial charge is 0.280 e. The van der Waals surface area contributed by atoms with Crippen LogP contribution in [0, 0.1) is 0 Å². The highest BCUT2D eigenvalue weighted by atomic mass is 32.2. The van der Waals surface area contributed by atoms with Gasteiger partial charge in [0.25, 0.3) is 10.0 Å². The molecule has 32 heavy (non-hydrogen) atoms. The Labute approximate surface area is 187 Å². The minimum atomic E-state index is -3.98. The van der Waals surface area contributed by atoms with Crippen molar-refractivity contribution in [3.8, 4) is 23.0 Å². The maximum absolute atomic E-state index is 12.7. The van der Waals surface area contributed by atoms with Gasteiger partial charge in [-0.05, 0) is 41.5 Å². The Balaban J connectivity index is 1.72. The van der Waals surface area contributed by atoms with E-state index in [-0.39, 0.29) is 10.6 Å². The van der Waals surface area contributed by atoms with Crippen molar-refractivity contribution in [3.05, 3.63) is 77.9 Å². The monoisotopic (exact) mass is 456 g/mol. The van der Waals surface area contributed by atoms with Gasteiger partial charge < -0.3 is 18.9 Å². The summed E-state index contributed by atoms with van der Waals surface area (Å²) in [5.41, 5.74) is 1.65. The Bertz CT molecular complexity index is 1180. The number of hydrazone groups is 1. The zero-order valence-corrected chi connectivity index (χ0v) is 18.8. The molecule has 0 saturated carbocycles. The maximum atomic E-state index is 12.7. The van der Waals surface area contributed by atoms with Gasteiger partial charge in [0.05, 0.1) is 27.5 Å². The number of hydrogen-bond acceptors (Lipinski definition) is 7. The molecule has 3 rings (SSSR count). The normalized spacial score (nSPS) is 11.2. The molecule has 0 spiro atoms. The summed E-state index contributed by atoms with van der Waals surface area (Å²) in [7, 11) is 0.389. The van der Waals surface area contributed by atoms with Crippen molar-refractivity contribution in [1.29, 1.82) is 0 Å². The summed E-state index contributed by atoms with van der Waals surface area (Å²) in [6, 6.07) is 19.4. The first kappa shape index (κ1) is 23.0. The van der Waals surface area contributed by atoms with Gasteiger partial charge in [-0.3, -0.25) is 0 Å². The molecule has 9 heteroatoms. The molecule has 0 amide bonds. The number of rotatable bonds is 10. The molecule has 0 heterocycles. The van der Waals surface area contributed by atoms with Crippen LogP contribution in [0.1, 0.15) is 11.1 Å². The molecule has 8 nitrogen and oxygen atoms in total. The summed E-state index contributed by atoms with van der Waals surface area (Å²) in [6.45, 7) is 0.396. The molecule has 0 unspecified atom stereocenters. The Morgan fingerprint density at radius 1 is 0.844 bits per heavy atom. The Morgan fingerprint density at radius 3 is 2.25 bits per heavy atom. The van der Waals surface area contributed by atoms with Crippen LogP contribution in [-0.2, 0) is 16.6 Å².